The molecule has 2 N–H and O–H groups in total. The van der Waals surface area contributed by atoms with Crippen molar-refractivity contribution < 1.29 is 9.32 Å². The van der Waals surface area contributed by atoms with Gasteiger partial charge in [0.15, 0.2) is 11.0 Å². The molecule has 11 heteroatoms. The molecule has 0 aliphatic heterocycles. The average Bonchev–Trinajstić information content (AvgIpc) is 3.43. The van der Waals surface area contributed by atoms with E-state index in [4.69, 9.17) is 4.52 Å². The maximum Gasteiger partial charge on any atom is 0.227 e. The van der Waals surface area contributed by atoms with E-state index in [0.717, 1.165) is 27.6 Å². The maximum absolute atomic E-state index is 12.0. The van der Waals surface area contributed by atoms with Gasteiger partial charge in [-0.25, -0.2) is 4.98 Å². The summed E-state index contributed by atoms with van der Waals surface area (Å²) in [5, 5.41) is 16.8. The first-order valence-corrected chi connectivity index (χ1v) is 10.5. The monoisotopic (exact) mass is 415 g/mol. The van der Waals surface area contributed by atoms with Crippen LogP contribution in [-0.2, 0) is 23.4 Å². The fraction of sp³-hybridized carbons (Fsp3) is 0.294. The molecule has 0 aliphatic rings. The van der Waals surface area contributed by atoms with Gasteiger partial charge in [0, 0.05) is 12.8 Å². The van der Waals surface area contributed by atoms with Crippen LogP contribution < -0.4 is 5.32 Å². The second kappa shape index (κ2) is 8.48. The molecule has 0 radical (unpaired) electrons. The van der Waals surface area contributed by atoms with Crippen molar-refractivity contribution in [1.29, 1.82) is 0 Å². The number of fused-ring (bicyclic) bond motifs is 1. The number of anilines is 1. The lowest BCUT2D eigenvalue weighted by Gasteiger charge is -1.98. The summed E-state index contributed by atoms with van der Waals surface area (Å²) in [7, 11) is 0. The van der Waals surface area contributed by atoms with Crippen molar-refractivity contribution in [2.24, 2.45) is 0 Å². The molecule has 9 nitrogen and oxygen atoms in total. The van der Waals surface area contributed by atoms with E-state index >= 15 is 0 Å². The van der Waals surface area contributed by atoms with Crippen molar-refractivity contribution >= 4 is 45.2 Å². The summed E-state index contributed by atoms with van der Waals surface area (Å²) in [5.41, 5.74) is 1.91. The number of nitrogens with one attached hydrogen (secondary N) is 2. The number of amides is 1. The van der Waals surface area contributed by atoms with Crippen LogP contribution in [0.4, 0.5) is 5.13 Å². The van der Waals surface area contributed by atoms with Crippen LogP contribution in [0, 0.1) is 0 Å². The van der Waals surface area contributed by atoms with Gasteiger partial charge in [0.25, 0.3) is 0 Å². The third-order valence-corrected chi connectivity index (χ3v) is 5.65. The third kappa shape index (κ3) is 4.54. The van der Waals surface area contributed by atoms with E-state index < -0.39 is 0 Å². The normalized spacial score (nSPS) is 11.2. The van der Waals surface area contributed by atoms with Crippen molar-refractivity contribution in [2.75, 3.05) is 5.32 Å². The van der Waals surface area contributed by atoms with E-state index in [2.05, 4.69) is 35.6 Å². The Balaban J connectivity index is 1.26. The minimum atomic E-state index is -0.157. The van der Waals surface area contributed by atoms with Gasteiger partial charge < -0.3 is 14.8 Å². The van der Waals surface area contributed by atoms with Crippen LogP contribution in [0.15, 0.2) is 33.9 Å². The molecule has 0 bridgehead atoms. The smallest absolute Gasteiger partial charge is 0.227 e. The molecule has 28 heavy (non-hydrogen) atoms. The minimum absolute atomic E-state index is 0.157. The maximum atomic E-state index is 12.0. The van der Waals surface area contributed by atoms with Gasteiger partial charge in [0.2, 0.25) is 16.9 Å². The number of carbonyl (C=O) groups excluding carboxylic acids is 1. The number of para-hydroxylation sites is 2. The first kappa shape index (κ1) is 18.6. The predicted molar refractivity (Wildman–Crippen MR) is 106 cm³/mol. The van der Waals surface area contributed by atoms with Crippen LogP contribution >= 0.6 is 23.1 Å². The number of nitrogens with zero attached hydrogens (tertiary/aromatic N) is 5. The van der Waals surface area contributed by atoms with E-state index in [1.165, 1.54) is 23.1 Å². The molecule has 4 rings (SSSR count). The quantitative estimate of drug-likeness (QED) is 0.421. The zero-order valence-electron chi connectivity index (χ0n) is 15.0. The highest BCUT2D eigenvalue weighted by molar-refractivity contribution is 7.98. The molecule has 144 valence electrons. The van der Waals surface area contributed by atoms with Gasteiger partial charge in [-0.1, -0.05) is 47.3 Å². The summed E-state index contributed by atoms with van der Waals surface area (Å²) < 4.78 is 5.22. The van der Waals surface area contributed by atoms with E-state index in [1.54, 1.807) is 0 Å². The van der Waals surface area contributed by atoms with Crippen molar-refractivity contribution in [3.8, 4) is 0 Å². The second-order valence-electron chi connectivity index (χ2n) is 5.85. The number of aryl methyl sites for hydroxylation is 2. The molecule has 0 atom stereocenters. The largest absolute Gasteiger partial charge is 0.339 e. The van der Waals surface area contributed by atoms with Crippen molar-refractivity contribution in [3.05, 3.63) is 41.0 Å². The molecule has 4 aromatic rings. The van der Waals surface area contributed by atoms with Gasteiger partial charge in [-0.2, -0.15) is 4.98 Å². The van der Waals surface area contributed by atoms with E-state index in [1.807, 2.05) is 31.2 Å². The highest BCUT2D eigenvalue weighted by Gasteiger charge is 2.12. The van der Waals surface area contributed by atoms with Gasteiger partial charge in [-0.05, 0) is 18.6 Å². The van der Waals surface area contributed by atoms with E-state index in [0.29, 0.717) is 29.0 Å². The molecule has 0 spiro atoms. The molecule has 0 unspecified atom stereocenters. The Morgan fingerprint density at radius 2 is 2.18 bits per heavy atom. The molecule has 3 aromatic heterocycles. The summed E-state index contributed by atoms with van der Waals surface area (Å²) in [6, 6.07) is 7.85. The lowest BCUT2D eigenvalue weighted by molar-refractivity contribution is -0.116. The average molecular weight is 416 g/mol. The van der Waals surface area contributed by atoms with Gasteiger partial charge in [-0.3, -0.25) is 4.79 Å². The number of H-pyrrole nitrogens is 1. The number of imidazole rings is 1. The predicted octanol–water partition coefficient (Wildman–Crippen LogP) is 3.22. The molecule has 0 aliphatic carbocycles. The van der Waals surface area contributed by atoms with Crippen molar-refractivity contribution in [3.63, 3.8) is 0 Å². The molecular weight excluding hydrogens is 398 g/mol. The van der Waals surface area contributed by atoms with Crippen molar-refractivity contribution in [1.82, 2.24) is 30.3 Å². The number of hydrogen-bond donors (Lipinski definition) is 2. The fourth-order valence-electron chi connectivity index (χ4n) is 2.43. The highest BCUT2D eigenvalue weighted by Crippen LogP contribution is 2.22. The first-order valence-electron chi connectivity index (χ1n) is 8.71. The van der Waals surface area contributed by atoms with Gasteiger partial charge >= 0.3 is 0 Å². The molecule has 0 saturated carbocycles. The van der Waals surface area contributed by atoms with Crippen LogP contribution in [0.1, 0.15) is 30.1 Å². The highest BCUT2D eigenvalue weighted by atomic mass is 32.2. The molecular formula is C17H17N7O2S2. The number of aromatic nitrogens is 6. The molecule has 3 heterocycles. The number of thioether (sulfide) groups is 1. The Labute approximate surface area is 168 Å². The number of rotatable bonds is 8. The van der Waals surface area contributed by atoms with Crippen LogP contribution in [0.5, 0.6) is 0 Å². The Hall–Kier alpha value is -2.79. The fourth-order valence-corrected chi connectivity index (χ4v) is 3.85. The lowest BCUT2D eigenvalue weighted by atomic mass is 10.3. The van der Waals surface area contributed by atoms with Crippen LogP contribution in [0.25, 0.3) is 11.0 Å². The van der Waals surface area contributed by atoms with E-state index in [-0.39, 0.29) is 12.3 Å². The zero-order chi connectivity index (χ0) is 19.3. The zero-order valence-corrected chi connectivity index (χ0v) is 16.6. The van der Waals surface area contributed by atoms with Crippen LogP contribution in [0.2, 0.25) is 0 Å². The summed E-state index contributed by atoms with van der Waals surface area (Å²) in [4.78, 5) is 24.1. The Morgan fingerprint density at radius 3 is 3.00 bits per heavy atom. The molecule has 0 saturated heterocycles. The van der Waals surface area contributed by atoms with Crippen LogP contribution in [-0.4, -0.2) is 36.2 Å². The second-order valence-corrected chi connectivity index (χ2v) is 7.88. The number of carbonyl (C=O) groups is 1. The summed E-state index contributed by atoms with van der Waals surface area (Å²) in [6.07, 6.45) is 1.40. The van der Waals surface area contributed by atoms with E-state index in [9.17, 15) is 4.79 Å². The topological polar surface area (TPSA) is 122 Å². The summed E-state index contributed by atoms with van der Waals surface area (Å²) in [6.45, 7) is 1.99. The van der Waals surface area contributed by atoms with Gasteiger partial charge in [0.1, 0.15) is 5.01 Å². The standard InChI is InChI=1S/C17H17N7O2S2/c1-2-15-22-23-17(28-15)21-13(25)7-8-14-20-12(24-26-14)9-27-16-18-10-5-3-4-6-11(10)19-16/h3-6H,2,7-9H2,1H3,(H,18,19)(H,21,23,25). The molecule has 0 fully saturated rings. The molecule has 1 amide bonds. The van der Waals surface area contributed by atoms with Crippen molar-refractivity contribution in [2.45, 2.75) is 37.1 Å². The van der Waals surface area contributed by atoms with Gasteiger partial charge in [-0.15, -0.1) is 10.2 Å². The Bertz CT molecular complexity index is 1060. The summed E-state index contributed by atoms with van der Waals surface area (Å²) >= 11 is 2.87. The Kier molecular flexibility index (Phi) is 5.63. The number of benzene rings is 1. The molecule has 1 aromatic carbocycles. The third-order valence-electron chi connectivity index (χ3n) is 3.80. The SMILES string of the molecule is CCc1nnc(NC(=O)CCc2nc(CSc3nc4ccccc4[nH]3)no2)s1. The number of hydrogen-bond acceptors (Lipinski definition) is 9. The Morgan fingerprint density at radius 1 is 1.29 bits per heavy atom. The summed E-state index contributed by atoms with van der Waals surface area (Å²) in [5.74, 6) is 1.37. The van der Waals surface area contributed by atoms with Crippen LogP contribution in [0.3, 0.4) is 0 Å². The number of aromatic amines is 1. The first-order chi connectivity index (χ1) is 13.7. The minimum Gasteiger partial charge on any atom is -0.339 e. The lowest BCUT2D eigenvalue weighted by Crippen LogP contribution is -2.12. The van der Waals surface area contributed by atoms with Gasteiger partial charge in [0.05, 0.1) is 16.8 Å².